The van der Waals surface area contributed by atoms with Crippen LogP contribution in [0.4, 0.5) is 0 Å². The Labute approximate surface area is 237 Å². The van der Waals surface area contributed by atoms with Gasteiger partial charge in [-0.1, -0.05) is 46.8 Å². The summed E-state index contributed by atoms with van der Waals surface area (Å²) < 4.78 is 0. The van der Waals surface area contributed by atoms with E-state index in [1.165, 1.54) is 0 Å². The molecule has 4 N–H and O–H groups in total. The normalized spacial score (nSPS) is 21.9. The fourth-order valence-electron chi connectivity index (χ4n) is 5.90. The number of nitrogens with one attached hydrogen (secondary N) is 2. The number of amidine groups is 1. The molecule has 2 aromatic rings. The van der Waals surface area contributed by atoms with E-state index in [2.05, 4.69) is 49.9 Å². The third-order valence-electron chi connectivity index (χ3n) is 8.25. The minimum Gasteiger partial charge on any atom is -0.386 e. The van der Waals surface area contributed by atoms with Crippen LogP contribution < -0.4 is 11.1 Å². The predicted octanol–water partition coefficient (Wildman–Crippen LogP) is 4.88. The molecule has 1 aliphatic carbocycles. The Kier molecular flexibility index (Phi) is 8.71. The van der Waals surface area contributed by atoms with E-state index in [0.717, 1.165) is 44.1 Å². The highest BCUT2D eigenvalue weighted by Gasteiger charge is 2.52. The molecular formula is C31H43N7O2. The van der Waals surface area contributed by atoms with Crippen molar-refractivity contribution in [2.45, 2.75) is 84.8 Å². The average molecular weight is 546 g/mol. The highest BCUT2D eigenvalue weighted by atomic mass is 16.2. The van der Waals surface area contributed by atoms with Crippen LogP contribution in [-0.4, -0.2) is 50.4 Å². The summed E-state index contributed by atoms with van der Waals surface area (Å²) in [6, 6.07) is 7.23. The van der Waals surface area contributed by atoms with E-state index < -0.39 is 5.66 Å². The highest BCUT2D eigenvalue weighted by Crippen LogP contribution is 2.48. The number of carbonyl (C=O) groups excluding carboxylic acids is 2. The molecule has 1 fully saturated rings. The Balaban J connectivity index is 1.73. The van der Waals surface area contributed by atoms with Crippen molar-refractivity contribution in [3.63, 3.8) is 0 Å². The first-order valence-corrected chi connectivity index (χ1v) is 14.3. The van der Waals surface area contributed by atoms with Crippen molar-refractivity contribution in [1.82, 2.24) is 20.2 Å². The molecule has 0 bridgehead atoms. The molecule has 1 atom stereocenters. The summed E-state index contributed by atoms with van der Waals surface area (Å²) in [5, 5.41) is 10.0. The third-order valence-corrected chi connectivity index (χ3v) is 8.25. The van der Waals surface area contributed by atoms with Gasteiger partial charge in [0.2, 0.25) is 0 Å². The van der Waals surface area contributed by atoms with Gasteiger partial charge in [0.25, 0.3) is 11.8 Å². The number of aromatic nitrogens is 2. The summed E-state index contributed by atoms with van der Waals surface area (Å²) in [5.41, 5.74) is 7.19. The lowest BCUT2D eigenvalue weighted by Crippen LogP contribution is -2.51. The molecule has 2 aliphatic rings. The Morgan fingerprint density at radius 3 is 2.40 bits per heavy atom. The lowest BCUT2D eigenvalue weighted by molar-refractivity contribution is -0.133. The van der Waals surface area contributed by atoms with Crippen molar-refractivity contribution >= 4 is 23.4 Å². The molecule has 40 heavy (non-hydrogen) atoms. The van der Waals surface area contributed by atoms with E-state index in [0.29, 0.717) is 28.8 Å². The van der Waals surface area contributed by atoms with Crippen molar-refractivity contribution in [1.29, 1.82) is 5.41 Å². The van der Waals surface area contributed by atoms with Crippen LogP contribution in [0.25, 0.3) is 0 Å². The van der Waals surface area contributed by atoms with Crippen molar-refractivity contribution in [3.8, 4) is 0 Å². The Bertz CT molecular complexity index is 1240. The fourth-order valence-corrected chi connectivity index (χ4v) is 5.90. The van der Waals surface area contributed by atoms with E-state index in [1.807, 2.05) is 17.0 Å². The van der Waals surface area contributed by atoms with Crippen LogP contribution >= 0.6 is 0 Å². The van der Waals surface area contributed by atoms with Crippen LogP contribution in [0.1, 0.15) is 101 Å². The fraction of sp³-hybridized carbons (Fsp3) is 0.548. The Morgan fingerprint density at radius 1 is 1.18 bits per heavy atom. The molecule has 0 saturated heterocycles. The van der Waals surface area contributed by atoms with Crippen LogP contribution in [0, 0.1) is 22.7 Å². The molecule has 1 unspecified atom stereocenters. The van der Waals surface area contributed by atoms with Crippen molar-refractivity contribution in [3.05, 3.63) is 59.7 Å². The minimum absolute atomic E-state index is 0.000538. The largest absolute Gasteiger partial charge is 0.386 e. The number of benzene rings is 1. The topological polar surface area (TPSA) is 137 Å². The molecule has 2 heterocycles. The molecule has 9 heteroatoms. The zero-order chi connectivity index (χ0) is 29.1. The number of amides is 2. The van der Waals surface area contributed by atoms with Crippen LogP contribution in [0.15, 0.2) is 47.8 Å². The number of hydrogen-bond donors (Lipinski definition) is 3. The van der Waals surface area contributed by atoms with Gasteiger partial charge >= 0.3 is 0 Å². The van der Waals surface area contributed by atoms with Gasteiger partial charge in [-0.15, -0.1) is 0 Å². The van der Waals surface area contributed by atoms with Crippen LogP contribution in [0.3, 0.4) is 0 Å². The number of nitrogens with zero attached hydrogens (tertiary/aromatic N) is 4. The SMILES string of the molecule is CC(C)C1CCC2(CC1)N=C(c1cnccn1)C(=O)N2C(CCC(C)(C)C)c1ccc(C(=O)NCC(=N)N)cc1. The summed E-state index contributed by atoms with van der Waals surface area (Å²) in [5.74, 6) is 0.702. The molecule has 1 spiro atoms. The molecule has 0 radical (unpaired) electrons. The van der Waals surface area contributed by atoms with E-state index in [1.54, 1.807) is 30.7 Å². The molecule has 214 valence electrons. The van der Waals surface area contributed by atoms with Gasteiger partial charge in [0.15, 0.2) is 5.71 Å². The molecular weight excluding hydrogens is 502 g/mol. The van der Waals surface area contributed by atoms with Gasteiger partial charge in [-0.25, -0.2) is 4.99 Å². The Morgan fingerprint density at radius 2 is 1.85 bits per heavy atom. The van der Waals surface area contributed by atoms with Crippen molar-refractivity contribution in [2.24, 2.45) is 28.0 Å². The first-order chi connectivity index (χ1) is 18.9. The second-order valence-corrected chi connectivity index (χ2v) is 12.7. The zero-order valence-corrected chi connectivity index (χ0v) is 24.4. The van der Waals surface area contributed by atoms with E-state index in [-0.39, 0.29) is 35.7 Å². The van der Waals surface area contributed by atoms with Gasteiger partial charge in [0.05, 0.1) is 18.8 Å². The van der Waals surface area contributed by atoms with Crippen LogP contribution in [0.2, 0.25) is 0 Å². The first-order valence-electron chi connectivity index (χ1n) is 14.3. The van der Waals surface area contributed by atoms with Gasteiger partial charge < -0.3 is 16.0 Å². The lowest BCUT2D eigenvalue weighted by atomic mass is 9.75. The summed E-state index contributed by atoms with van der Waals surface area (Å²) in [6.07, 6.45) is 10.1. The van der Waals surface area contributed by atoms with Crippen LogP contribution in [-0.2, 0) is 4.79 Å². The van der Waals surface area contributed by atoms with E-state index in [9.17, 15) is 9.59 Å². The summed E-state index contributed by atoms with van der Waals surface area (Å²) in [4.78, 5) is 42.7. The zero-order valence-electron chi connectivity index (χ0n) is 24.4. The number of nitrogens with two attached hydrogens (primary N) is 1. The van der Waals surface area contributed by atoms with Gasteiger partial charge in [-0.05, 0) is 73.5 Å². The van der Waals surface area contributed by atoms with Gasteiger partial charge in [-0.2, -0.15) is 0 Å². The highest BCUT2D eigenvalue weighted by molar-refractivity contribution is 6.46. The molecule has 9 nitrogen and oxygen atoms in total. The number of rotatable bonds is 9. The Hall–Kier alpha value is -3.62. The second kappa shape index (κ2) is 11.9. The first kappa shape index (κ1) is 29.4. The summed E-state index contributed by atoms with van der Waals surface area (Å²) in [7, 11) is 0. The summed E-state index contributed by atoms with van der Waals surface area (Å²) in [6.45, 7) is 11.2. The van der Waals surface area contributed by atoms with E-state index >= 15 is 0 Å². The number of aliphatic imine (C=N–C) groups is 1. The molecule has 2 amide bonds. The molecule has 1 aliphatic heterocycles. The lowest BCUT2D eigenvalue weighted by Gasteiger charge is -2.46. The summed E-state index contributed by atoms with van der Waals surface area (Å²) >= 11 is 0. The molecule has 4 rings (SSSR count). The van der Waals surface area contributed by atoms with Gasteiger partial charge in [0, 0.05) is 18.0 Å². The number of carbonyl (C=O) groups is 2. The standard InChI is InChI=1S/C31H43N7O2/c1-20(2)21-10-14-31(15-11-21)37-27(24-18-34-16-17-35-24)29(40)38(31)25(12-13-30(3,4)5)22-6-8-23(9-7-22)28(39)36-19-26(32)33/h6-9,16-18,20-21,25H,10-15,19H2,1-5H3,(H3,32,33)(H,36,39). The smallest absolute Gasteiger partial charge is 0.276 e. The quantitative estimate of drug-likeness (QED) is 0.304. The van der Waals surface area contributed by atoms with E-state index in [4.69, 9.17) is 16.1 Å². The van der Waals surface area contributed by atoms with Crippen molar-refractivity contribution in [2.75, 3.05) is 6.54 Å². The second-order valence-electron chi connectivity index (χ2n) is 12.7. The van der Waals surface area contributed by atoms with Crippen molar-refractivity contribution < 1.29 is 9.59 Å². The number of hydrogen-bond acceptors (Lipinski definition) is 6. The van der Waals surface area contributed by atoms with Crippen LogP contribution in [0.5, 0.6) is 0 Å². The molecule has 1 saturated carbocycles. The average Bonchev–Trinajstić information content (AvgIpc) is 3.19. The minimum atomic E-state index is -0.630. The molecule has 1 aromatic carbocycles. The maximum absolute atomic E-state index is 14.3. The molecule has 1 aromatic heterocycles. The van der Waals surface area contributed by atoms with Gasteiger partial charge in [0.1, 0.15) is 17.2 Å². The third kappa shape index (κ3) is 6.57. The maximum Gasteiger partial charge on any atom is 0.276 e. The van der Waals surface area contributed by atoms with Gasteiger partial charge in [-0.3, -0.25) is 25.0 Å². The monoisotopic (exact) mass is 545 g/mol. The maximum atomic E-state index is 14.3. The predicted molar refractivity (Wildman–Crippen MR) is 157 cm³/mol.